The highest BCUT2D eigenvalue weighted by Gasteiger charge is 2.39. The summed E-state index contributed by atoms with van der Waals surface area (Å²) in [5.41, 5.74) is 0.980. The highest BCUT2D eigenvalue weighted by Crippen LogP contribution is 2.31. The van der Waals surface area contributed by atoms with Crippen molar-refractivity contribution in [2.24, 2.45) is 0 Å². The molecule has 1 aromatic heterocycles. The minimum atomic E-state index is -3.48. The largest absolute Gasteiger partial charge is 0.316 e. The molecule has 0 aliphatic carbocycles. The van der Waals surface area contributed by atoms with Crippen molar-refractivity contribution in [2.45, 2.75) is 56.8 Å². The summed E-state index contributed by atoms with van der Waals surface area (Å²) in [6.07, 6.45) is 4.34. The van der Waals surface area contributed by atoms with E-state index in [0.717, 1.165) is 24.8 Å². The number of pyridine rings is 1. The van der Waals surface area contributed by atoms with E-state index in [0.29, 0.717) is 6.54 Å². The fourth-order valence-corrected chi connectivity index (χ4v) is 4.71. The van der Waals surface area contributed by atoms with Crippen LogP contribution in [0.2, 0.25) is 0 Å². The van der Waals surface area contributed by atoms with Crippen LogP contribution >= 0.6 is 0 Å². The molecular weight excluding hydrogens is 274 g/mol. The number of hydrogen-bond acceptors (Lipinski definition) is 4. The number of nitrogens with one attached hydrogen (secondary N) is 1. The molecule has 1 N–H and O–H groups in total. The second-order valence-corrected chi connectivity index (χ2v) is 7.15. The van der Waals surface area contributed by atoms with Gasteiger partial charge < -0.3 is 5.32 Å². The summed E-state index contributed by atoms with van der Waals surface area (Å²) in [4.78, 5) is 4.15. The first-order chi connectivity index (χ1) is 9.50. The van der Waals surface area contributed by atoms with Gasteiger partial charge in [0.05, 0.1) is 0 Å². The molecule has 0 aromatic carbocycles. The Kier molecular flexibility index (Phi) is 4.78. The number of hydrogen-bond donors (Lipinski definition) is 1. The highest BCUT2D eigenvalue weighted by molar-refractivity contribution is 7.89. The molecule has 0 amide bonds. The Morgan fingerprint density at radius 1 is 1.40 bits per heavy atom. The average Bonchev–Trinajstić information content (AvgIpc) is 2.81. The monoisotopic (exact) mass is 297 g/mol. The van der Waals surface area contributed by atoms with E-state index in [2.05, 4.69) is 10.3 Å². The van der Waals surface area contributed by atoms with Crippen molar-refractivity contribution in [1.29, 1.82) is 0 Å². The second-order valence-electron chi connectivity index (χ2n) is 5.36. The van der Waals surface area contributed by atoms with Gasteiger partial charge in [0, 0.05) is 24.8 Å². The maximum atomic E-state index is 12.7. The lowest BCUT2D eigenvalue weighted by molar-refractivity contribution is 0.327. The van der Waals surface area contributed by atoms with Crippen molar-refractivity contribution < 1.29 is 8.42 Å². The van der Waals surface area contributed by atoms with Crippen molar-refractivity contribution in [3.63, 3.8) is 0 Å². The molecule has 2 rings (SSSR count). The third-order valence-corrected chi connectivity index (χ3v) is 5.89. The maximum Gasteiger partial charge on any atom is 0.261 e. The molecule has 1 aromatic rings. The summed E-state index contributed by atoms with van der Waals surface area (Å²) < 4.78 is 27.1. The Bertz CT molecular complexity index is 542. The molecule has 2 atom stereocenters. The number of aromatic nitrogens is 1. The van der Waals surface area contributed by atoms with Crippen LogP contribution in [-0.4, -0.2) is 36.8 Å². The minimum absolute atomic E-state index is 0.0590. The van der Waals surface area contributed by atoms with E-state index < -0.39 is 10.0 Å². The van der Waals surface area contributed by atoms with E-state index in [1.165, 1.54) is 0 Å². The van der Waals surface area contributed by atoms with Crippen LogP contribution in [0.4, 0.5) is 0 Å². The summed E-state index contributed by atoms with van der Waals surface area (Å²) in [5.74, 6) is 0. The summed E-state index contributed by atoms with van der Waals surface area (Å²) in [6.45, 7) is 4.70. The van der Waals surface area contributed by atoms with Crippen LogP contribution in [0, 0.1) is 0 Å². The Morgan fingerprint density at radius 2 is 2.15 bits per heavy atom. The molecule has 20 heavy (non-hydrogen) atoms. The van der Waals surface area contributed by atoms with E-state index in [4.69, 9.17) is 0 Å². The fraction of sp³-hybridized carbons (Fsp3) is 0.643. The van der Waals surface area contributed by atoms with Crippen LogP contribution in [0.3, 0.4) is 0 Å². The average molecular weight is 297 g/mol. The SMILES string of the molecule is CCC1CCC(C)N1S(=O)(=O)c1ccc(CNC)cn1. The summed E-state index contributed by atoms with van der Waals surface area (Å²) >= 11 is 0. The lowest BCUT2D eigenvalue weighted by Gasteiger charge is -2.26. The standard InChI is InChI=1S/C14H23N3O2S/c1-4-13-7-5-11(2)17(13)20(18,19)14-8-6-12(9-15-3)10-16-14/h6,8,10-11,13,15H,4-5,7,9H2,1-3H3. The van der Waals surface area contributed by atoms with Crippen molar-refractivity contribution in [2.75, 3.05) is 7.05 Å². The summed E-state index contributed by atoms with van der Waals surface area (Å²) in [5, 5.41) is 3.18. The Labute approximate surface area is 121 Å². The minimum Gasteiger partial charge on any atom is -0.316 e. The van der Waals surface area contributed by atoms with Gasteiger partial charge in [-0.05, 0) is 44.9 Å². The summed E-state index contributed by atoms with van der Waals surface area (Å²) in [6, 6.07) is 3.59. The number of rotatable bonds is 5. The van der Waals surface area contributed by atoms with E-state index in [-0.39, 0.29) is 17.1 Å². The van der Waals surface area contributed by atoms with Gasteiger partial charge in [-0.2, -0.15) is 4.31 Å². The maximum absolute atomic E-state index is 12.7. The first kappa shape index (κ1) is 15.4. The molecule has 5 nitrogen and oxygen atoms in total. The molecule has 0 radical (unpaired) electrons. The fourth-order valence-electron chi connectivity index (χ4n) is 2.85. The molecule has 0 saturated carbocycles. The van der Waals surface area contributed by atoms with Gasteiger partial charge in [0.15, 0.2) is 5.03 Å². The van der Waals surface area contributed by atoms with E-state index in [9.17, 15) is 8.42 Å². The smallest absolute Gasteiger partial charge is 0.261 e. The molecule has 2 unspecified atom stereocenters. The van der Waals surface area contributed by atoms with Crippen LogP contribution in [0.25, 0.3) is 0 Å². The number of nitrogens with zero attached hydrogens (tertiary/aromatic N) is 2. The van der Waals surface area contributed by atoms with Gasteiger partial charge in [0.1, 0.15) is 0 Å². The Morgan fingerprint density at radius 3 is 2.70 bits per heavy atom. The van der Waals surface area contributed by atoms with Crippen molar-refractivity contribution >= 4 is 10.0 Å². The molecule has 0 bridgehead atoms. The van der Waals surface area contributed by atoms with Crippen LogP contribution in [0.5, 0.6) is 0 Å². The lowest BCUT2D eigenvalue weighted by Crippen LogP contribution is -2.39. The zero-order chi connectivity index (χ0) is 14.8. The van der Waals surface area contributed by atoms with Gasteiger partial charge in [0.25, 0.3) is 10.0 Å². The molecular formula is C14H23N3O2S. The molecule has 1 aliphatic rings. The highest BCUT2D eigenvalue weighted by atomic mass is 32.2. The van der Waals surface area contributed by atoms with Crippen molar-refractivity contribution in [1.82, 2.24) is 14.6 Å². The quantitative estimate of drug-likeness (QED) is 0.899. The van der Waals surface area contributed by atoms with Gasteiger partial charge in [0.2, 0.25) is 0 Å². The second kappa shape index (κ2) is 6.20. The molecule has 2 heterocycles. The molecule has 1 saturated heterocycles. The molecule has 112 valence electrons. The zero-order valence-electron chi connectivity index (χ0n) is 12.3. The first-order valence-electron chi connectivity index (χ1n) is 7.13. The topological polar surface area (TPSA) is 62.3 Å². The van der Waals surface area contributed by atoms with Crippen molar-refractivity contribution in [3.8, 4) is 0 Å². The predicted molar refractivity (Wildman–Crippen MR) is 78.8 cm³/mol. The van der Waals surface area contributed by atoms with Crippen LogP contribution in [-0.2, 0) is 16.6 Å². The third-order valence-electron chi connectivity index (χ3n) is 3.90. The molecule has 1 aliphatic heterocycles. The summed E-state index contributed by atoms with van der Waals surface area (Å²) in [7, 11) is -1.63. The van der Waals surface area contributed by atoms with Gasteiger partial charge >= 0.3 is 0 Å². The van der Waals surface area contributed by atoms with Crippen LogP contribution in [0.15, 0.2) is 23.4 Å². The third kappa shape index (κ3) is 2.87. The van der Waals surface area contributed by atoms with Crippen molar-refractivity contribution in [3.05, 3.63) is 23.9 Å². The number of sulfonamides is 1. The van der Waals surface area contributed by atoms with Gasteiger partial charge in [-0.1, -0.05) is 13.0 Å². The van der Waals surface area contributed by atoms with Crippen LogP contribution in [0.1, 0.15) is 38.7 Å². The zero-order valence-corrected chi connectivity index (χ0v) is 13.2. The Balaban J connectivity index is 2.29. The van der Waals surface area contributed by atoms with Gasteiger partial charge in [-0.25, -0.2) is 13.4 Å². The van der Waals surface area contributed by atoms with E-state index >= 15 is 0 Å². The lowest BCUT2D eigenvalue weighted by atomic mass is 10.2. The predicted octanol–water partition coefficient (Wildman–Crippen LogP) is 1.75. The normalized spacial score (nSPS) is 24.1. The van der Waals surface area contributed by atoms with E-state index in [1.807, 2.05) is 27.0 Å². The molecule has 1 fully saturated rings. The van der Waals surface area contributed by atoms with Crippen LogP contribution < -0.4 is 5.32 Å². The first-order valence-corrected chi connectivity index (χ1v) is 8.57. The van der Waals surface area contributed by atoms with Gasteiger partial charge in [-0.3, -0.25) is 0 Å². The van der Waals surface area contributed by atoms with Gasteiger partial charge in [-0.15, -0.1) is 0 Å². The molecule has 6 heteroatoms. The van der Waals surface area contributed by atoms with E-state index in [1.54, 1.807) is 16.6 Å². The molecule has 0 spiro atoms. The Hall–Kier alpha value is -0.980.